The zero-order valence-electron chi connectivity index (χ0n) is 42.2. The van der Waals surface area contributed by atoms with E-state index in [1.165, 1.54) is 11.8 Å². The van der Waals surface area contributed by atoms with Crippen LogP contribution >= 0.6 is 0 Å². The number of nitrogens with zero attached hydrogens (tertiary/aromatic N) is 1. The number of carbonyl (C=O) groups is 11. The third-order valence-corrected chi connectivity index (χ3v) is 12.7. The Morgan fingerprint density at radius 2 is 1.40 bits per heavy atom. The van der Waals surface area contributed by atoms with Crippen molar-refractivity contribution in [2.75, 3.05) is 26.2 Å². The molecule has 2 fully saturated rings. The number of hydrogen-bond acceptors (Lipinski definition) is 14. The van der Waals surface area contributed by atoms with Crippen LogP contribution in [0.4, 0.5) is 0 Å². The summed E-state index contributed by atoms with van der Waals surface area (Å²) in [6, 6.07) is -3.54. The van der Waals surface area contributed by atoms with E-state index < -0.39 is 107 Å². The second-order valence-electron chi connectivity index (χ2n) is 20.1. The van der Waals surface area contributed by atoms with Crippen molar-refractivity contribution in [2.24, 2.45) is 35.3 Å². The molecule has 0 aliphatic carbocycles. The Bertz CT molecular complexity index is 1870. The van der Waals surface area contributed by atoms with Crippen LogP contribution in [0.15, 0.2) is 12.3 Å². The lowest BCUT2D eigenvalue weighted by Gasteiger charge is -2.25. The zero-order valence-corrected chi connectivity index (χ0v) is 42.2. The first kappa shape index (κ1) is 60.8. The van der Waals surface area contributed by atoms with Crippen LogP contribution in [0, 0.1) is 29.6 Å². The van der Waals surface area contributed by atoms with E-state index in [-0.39, 0.29) is 107 Å². The van der Waals surface area contributed by atoms with Crippen molar-refractivity contribution in [1.29, 1.82) is 0 Å². The van der Waals surface area contributed by atoms with Crippen molar-refractivity contribution in [2.45, 2.75) is 181 Å². The van der Waals surface area contributed by atoms with Crippen LogP contribution in [0.1, 0.15) is 151 Å². The topological polar surface area (TPSA) is 318 Å². The van der Waals surface area contributed by atoms with Gasteiger partial charge >= 0.3 is 5.97 Å². The summed E-state index contributed by atoms with van der Waals surface area (Å²) in [6.07, 6.45) is 0.714. The van der Waals surface area contributed by atoms with Gasteiger partial charge in [-0.25, -0.2) is 0 Å². The predicted molar refractivity (Wildman–Crippen MR) is 259 cm³/mol. The van der Waals surface area contributed by atoms with Crippen molar-refractivity contribution in [3.8, 4) is 0 Å². The summed E-state index contributed by atoms with van der Waals surface area (Å²) in [6.45, 7) is 15.3. The average Bonchev–Trinajstić information content (AvgIpc) is 3.96. The Balaban J connectivity index is 1.96. The van der Waals surface area contributed by atoms with Crippen LogP contribution in [0.3, 0.4) is 0 Å². The van der Waals surface area contributed by atoms with Gasteiger partial charge in [0, 0.05) is 88.5 Å². The molecule has 0 radical (unpaired) electrons. The minimum atomic E-state index is -1.18. The lowest BCUT2D eigenvalue weighted by Crippen LogP contribution is -2.45. The number of aliphatic hydroxyl groups is 1. The Morgan fingerprint density at radius 1 is 0.743 bits per heavy atom. The smallest absolute Gasteiger partial charge is 0.306 e. The summed E-state index contributed by atoms with van der Waals surface area (Å²) in [5, 5.41) is 33.3. The summed E-state index contributed by atoms with van der Waals surface area (Å²) in [5.74, 6) is -8.75. The number of nitrogens with one attached hydrogen (secondary N) is 5. The van der Waals surface area contributed by atoms with Gasteiger partial charge in [-0.1, -0.05) is 40.7 Å². The predicted octanol–water partition coefficient (Wildman–Crippen LogP) is 1.97. The molecular weight excluding hydrogens is 907 g/mol. The fraction of sp³-hybridized carbons (Fsp3) is 0.740. The number of carboxylic acids is 1. The van der Waals surface area contributed by atoms with E-state index in [9.17, 15) is 63.0 Å². The number of likely N-dealkylation sites (tertiary alicyclic amines) is 1. The zero-order chi connectivity index (χ0) is 52.7. The molecule has 0 aromatic rings. The number of aliphatic carboxylic acids is 1. The molecule has 8 atom stereocenters. The molecule has 0 bridgehead atoms. The molecule has 394 valence electrons. The first-order valence-electron chi connectivity index (χ1n) is 25.0. The second kappa shape index (κ2) is 31.1. The molecule has 70 heavy (non-hydrogen) atoms. The molecule has 2 saturated heterocycles. The van der Waals surface area contributed by atoms with Crippen molar-refractivity contribution < 1.29 is 63.0 Å². The molecule has 2 aliphatic heterocycles. The van der Waals surface area contributed by atoms with Gasteiger partial charge in [-0.2, -0.15) is 0 Å². The molecule has 2 rings (SSSR count). The number of β-amino-alcohol motifs (C(OH)–C–C–N with tert-alkyl or cyclic N) is 1. The number of ketones is 5. The van der Waals surface area contributed by atoms with Crippen LogP contribution in [0.25, 0.3) is 0 Å². The first-order valence-corrected chi connectivity index (χ1v) is 25.0. The van der Waals surface area contributed by atoms with Crippen LogP contribution < -0.4 is 32.3 Å². The number of carboxylic acid groups (broad SMARTS) is 1. The molecule has 0 aromatic heterocycles. The highest BCUT2D eigenvalue weighted by Crippen LogP contribution is 2.25. The quantitative estimate of drug-likeness (QED) is 0.0416. The van der Waals surface area contributed by atoms with Crippen LogP contribution in [0.5, 0.6) is 0 Å². The highest BCUT2D eigenvalue weighted by molar-refractivity contribution is 5.97. The number of rotatable bonds is 36. The number of allylic oxidation sites excluding steroid dienone is 1. The van der Waals surface area contributed by atoms with E-state index >= 15 is 0 Å². The maximum Gasteiger partial charge on any atom is 0.306 e. The Kier molecular flexibility index (Phi) is 27.0. The van der Waals surface area contributed by atoms with Crippen molar-refractivity contribution >= 4 is 64.4 Å². The van der Waals surface area contributed by atoms with Crippen LogP contribution in [-0.2, 0) is 52.7 Å². The molecule has 0 unspecified atom stereocenters. The van der Waals surface area contributed by atoms with E-state index in [4.69, 9.17) is 5.73 Å². The third-order valence-electron chi connectivity index (χ3n) is 12.7. The highest BCUT2D eigenvalue weighted by Gasteiger charge is 2.37. The third kappa shape index (κ3) is 23.0. The molecular formula is C50H81N7O13. The molecule has 2 heterocycles. The van der Waals surface area contributed by atoms with E-state index in [0.29, 0.717) is 45.2 Å². The molecule has 0 saturated carbocycles. The Hall–Kier alpha value is -5.37. The minimum Gasteiger partial charge on any atom is -0.481 e. The van der Waals surface area contributed by atoms with Gasteiger partial charge in [-0.3, -0.25) is 52.7 Å². The van der Waals surface area contributed by atoms with E-state index in [2.05, 4.69) is 33.2 Å². The van der Waals surface area contributed by atoms with Crippen molar-refractivity contribution in [1.82, 2.24) is 31.5 Å². The van der Waals surface area contributed by atoms with Gasteiger partial charge < -0.3 is 47.4 Å². The summed E-state index contributed by atoms with van der Waals surface area (Å²) < 4.78 is 0. The highest BCUT2D eigenvalue weighted by atomic mass is 16.4. The Labute approximate surface area is 412 Å². The number of nitrogens with two attached hydrogens (primary N) is 1. The lowest BCUT2D eigenvalue weighted by molar-refractivity contribution is -0.145. The largest absolute Gasteiger partial charge is 0.481 e. The number of Topliss-reactive ketones (excluding diaryl/α,β-unsaturated/α-hetero) is 5. The number of amides is 5. The summed E-state index contributed by atoms with van der Waals surface area (Å²) in [7, 11) is 0. The summed E-state index contributed by atoms with van der Waals surface area (Å²) in [5.41, 5.74) is 6.14. The van der Waals surface area contributed by atoms with Gasteiger partial charge in [0.15, 0.2) is 23.1 Å². The lowest BCUT2D eigenvalue weighted by atomic mass is 9.88. The van der Waals surface area contributed by atoms with Crippen molar-refractivity contribution in [3.63, 3.8) is 0 Å². The maximum atomic E-state index is 13.6. The first-order chi connectivity index (χ1) is 32.9. The van der Waals surface area contributed by atoms with Crippen LogP contribution in [0.2, 0.25) is 0 Å². The molecule has 9 N–H and O–H groups in total. The number of unbranched alkanes of at least 4 members (excludes halogenated alkanes) is 1. The molecule has 2 aliphatic rings. The number of aliphatic hydroxyl groups excluding tert-OH is 1. The minimum absolute atomic E-state index is 0.0316. The second-order valence-corrected chi connectivity index (χ2v) is 20.1. The number of hydrogen-bond donors (Lipinski definition) is 8. The number of carbonyl (C=O) groups excluding carboxylic acids is 10. The molecule has 5 amide bonds. The molecule has 20 nitrogen and oxygen atoms in total. The van der Waals surface area contributed by atoms with Gasteiger partial charge in [-0.05, 0) is 77.0 Å². The monoisotopic (exact) mass is 988 g/mol. The summed E-state index contributed by atoms with van der Waals surface area (Å²) in [4.78, 5) is 144. The molecule has 0 aromatic carbocycles. The fourth-order valence-electron chi connectivity index (χ4n) is 8.92. The molecule has 20 heteroatoms. The fourth-order valence-corrected chi connectivity index (χ4v) is 8.92. The normalized spacial score (nSPS) is 18.8. The number of primary amides is 1. The van der Waals surface area contributed by atoms with E-state index in [1.807, 2.05) is 34.6 Å². The van der Waals surface area contributed by atoms with Gasteiger partial charge in [0.05, 0.1) is 42.7 Å². The SMILES string of the molecule is C=C(C)NCCCC[C@H](CC(=O)[C@@H]1CCCN1C(=O)CCC(=O)[C@H](C)NC(=O)[C@@H](CC(=O)CNC(=O)[C@@H](CC(=O)[C@H](CCC(N)=O)NC(=O)CCC(=O)[C@@H]1C[C@@H](O)CN1)CC(C)C)CC(C)C)C(=O)O. The van der Waals surface area contributed by atoms with Crippen LogP contribution in [-0.4, -0.2) is 136 Å². The maximum absolute atomic E-state index is 13.6. The summed E-state index contributed by atoms with van der Waals surface area (Å²) >= 11 is 0. The van der Waals surface area contributed by atoms with Crippen molar-refractivity contribution in [3.05, 3.63) is 12.3 Å². The van der Waals surface area contributed by atoms with Gasteiger partial charge in [0.25, 0.3) is 0 Å². The van der Waals surface area contributed by atoms with Gasteiger partial charge in [0.2, 0.25) is 29.5 Å². The van der Waals surface area contributed by atoms with Gasteiger partial charge in [-0.15, -0.1) is 0 Å². The molecule has 0 spiro atoms. The van der Waals surface area contributed by atoms with Gasteiger partial charge in [0.1, 0.15) is 5.78 Å². The van der Waals surface area contributed by atoms with E-state index in [1.54, 1.807) is 0 Å². The standard InChI is InChI=1S/C50H81N7O13/c1-29(2)21-34(49(68)55-32(7)41(60)15-18-47(66)57-20-10-12-40(57)44(63)24-33(50(69)70)11-8-9-19-52-31(5)6)23-36(58)28-54-48(67)35(22-30(3)4)25-43(62)38(13-16-45(51)64)56-46(65)17-14-42(61)39-26-37(59)27-53-39/h29-30,32-35,37-40,52-53,59H,5,8-28H2,1-4,6-7H3,(H2,51,64)(H,54,67)(H,55,68)(H,56,65)(H,69,70)/t32-,33+,34+,35+,37+,38-,39-,40-/m0/s1. The average molecular weight is 988 g/mol. The Morgan fingerprint density at radius 3 is 1.99 bits per heavy atom. The van der Waals surface area contributed by atoms with E-state index in [0.717, 1.165) is 5.70 Å².